The van der Waals surface area contributed by atoms with E-state index in [9.17, 15) is 14.4 Å². The van der Waals surface area contributed by atoms with Gasteiger partial charge in [0.25, 0.3) is 0 Å². The number of methoxy groups -OCH3 is 1. The number of ketones is 1. The molecule has 0 radical (unpaired) electrons. The van der Waals surface area contributed by atoms with E-state index in [2.05, 4.69) is 10.6 Å². The van der Waals surface area contributed by atoms with Crippen molar-refractivity contribution in [1.82, 2.24) is 4.90 Å². The minimum Gasteiger partial charge on any atom is -0.497 e. The number of nitrogens with zero attached hydrogens (tertiary/aromatic N) is 1. The van der Waals surface area contributed by atoms with Gasteiger partial charge in [-0.05, 0) is 49.9 Å². The zero-order valence-electron chi connectivity index (χ0n) is 16.3. The van der Waals surface area contributed by atoms with Crippen molar-refractivity contribution >= 4 is 29.0 Å². The van der Waals surface area contributed by atoms with Gasteiger partial charge >= 0.3 is 0 Å². The highest BCUT2D eigenvalue weighted by Gasteiger charge is 2.14. The lowest BCUT2D eigenvalue weighted by atomic mass is 10.1. The normalized spacial score (nSPS) is 10.4. The van der Waals surface area contributed by atoms with E-state index in [1.807, 2.05) is 6.92 Å². The Morgan fingerprint density at radius 3 is 2.07 bits per heavy atom. The van der Waals surface area contributed by atoms with E-state index in [1.165, 1.54) is 6.92 Å². The zero-order chi connectivity index (χ0) is 20.5. The van der Waals surface area contributed by atoms with Gasteiger partial charge in [-0.1, -0.05) is 19.1 Å². The van der Waals surface area contributed by atoms with E-state index < -0.39 is 0 Å². The van der Waals surface area contributed by atoms with Gasteiger partial charge in [-0.25, -0.2) is 0 Å². The van der Waals surface area contributed by atoms with E-state index in [0.717, 1.165) is 0 Å². The summed E-state index contributed by atoms with van der Waals surface area (Å²) in [6, 6.07) is 13.8. The fraction of sp³-hybridized carbons (Fsp3) is 0.286. The molecule has 2 aromatic carbocycles. The van der Waals surface area contributed by atoms with Gasteiger partial charge in [-0.3, -0.25) is 19.3 Å². The molecule has 7 heteroatoms. The smallest absolute Gasteiger partial charge is 0.238 e. The van der Waals surface area contributed by atoms with Gasteiger partial charge in [-0.15, -0.1) is 0 Å². The molecule has 0 saturated carbocycles. The number of ether oxygens (including phenoxy) is 1. The summed E-state index contributed by atoms with van der Waals surface area (Å²) in [6.07, 6.45) is 0. The van der Waals surface area contributed by atoms with Gasteiger partial charge in [0.05, 0.1) is 20.2 Å². The number of carbonyl (C=O) groups is 3. The number of hydrogen-bond acceptors (Lipinski definition) is 5. The highest BCUT2D eigenvalue weighted by molar-refractivity contribution is 5.98. The lowest BCUT2D eigenvalue weighted by Gasteiger charge is -2.19. The number of rotatable bonds is 9. The highest BCUT2D eigenvalue weighted by Crippen LogP contribution is 2.15. The third-order valence-corrected chi connectivity index (χ3v) is 4.11. The molecule has 28 heavy (non-hydrogen) atoms. The fourth-order valence-electron chi connectivity index (χ4n) is 2.58. The minimum absolute atomic E-state index is 0.0663. The van der Waals surface area contributed by atoms with E-state index in [-0.39, 0.29) is 30.7 Å². The lowest BCUT2D eigenvalue weighted by molar-refractivity contribution is -0.119. The molecule has 0 unspecified atom stereocenters. The number of benzene rings is 2. The highest BCUT2D eigenvalue weighted by atomic mass is 16.5. The fourth-order valence-corrected chi connectivity index (χ4v) is 2.58. The number of carbonyl (C=O) groups excluding carboxylic acids is 3. The van der Waals surface area contributed by atoms with Gasteiger partial charge in [0.2, 0.25) is 11.8 Å². The molecule has 2 amide bonds. The number of likely N-dealkylation sites (N-methyl/N-ethyl adjacent to an activating group) is 1. The van der Waals surface area contributed by atoms with Gasteiger partial charge < -0.3 is 15.4 Å². The molecule has 7 nitrogen and oxygen atoms in total. The van der Waals surface area contributed by atoms with Gasteiger partial charge in [0, 0.05) is 16.9 Å². The molecule has 0 bridgehead atoms. The van der Waals surface area contributed by atoms with Crippen LogP contribution < -0.4 is 15.4 Å². The van der Waals surface area contributed by atoms with Crippen LogP contribution in [-0.2, 0) is 9.59 Å². The van der Waals surface area contributed by atoms with Crippen LogP contribution >= 0.6 is 0 Å². The second-order valence-corrected chi connectivity index (χ2v) is 6.27. The summed E-state index contributed by atoms with van der Waals surface area (Å²) in [4.78, 5) is 37.7. The molecule has 2 N–H and O–H groups in total. The van der Waals surface area contributed by atoms with Crippen LogP contribution in [0.2, 0.25) is 0 Å². The van der Waals surface area contributed by atoms with Crippen LogP contribution in [-0.4, -0.2) is 49.2 Å². The Morgan fingerprint density at radius 1 is 0.929 bits per heavy atom. The molecule has 0 spiro atoms. The maximum Gasteiger partial charge on any atom is 0.238 e. The third kappa shape index (κ3) is 6.51. The summed E-state index contributed by atoms with van der Waals surface area (Å²) < 4.78 is 5.09. The summed E-state index contributed by atoms with van der Waals surface area (Å²) in [5.74, 6) is 0.179. The summed E-state index contributed by atoms with van der Waals surface area (Å²) in [5.41, 5.74) is 1.74. The Balaban J connectivity index is 1.88. The van der Waals surface area contributed by atoms with Crippen LogP contribution in [0.3, 0.4) is 0 Å². The van der Waals surface area contributed by atoms with E-state index in [4.69, 9.17) is 4.74 Å². The quantitative estimate of drug-likeness (QED) is 0.650. The molecule has 148 valence electrons. The first-order chi connectivity index (χ1) is 13.4. The molecular weight excluding hydrogens is 358 g/mol. The van der Waals surface area contributed by atoms with Crippen molar-refractivity contribution in [1.29, 1.82) is 0 Å². The van der Waals surface area contributed by atoms with Crippen molar-refractivity contribution in [2.45, 2.75) is 13.8 Å². The van der Waals surface area contributed by atoms with Crippen molar-refractivity contribution in [3.05, 3.63) is 54.1 Å². The molecule has 0 aliphatic rings. The Morgan fingerprint density at radius 2 is 1.54 bits per heavy atom. The molecular formula is C21H25N3O4. The predicted octanol–water partition coefficient (Wildman–Crippen LogP) is 2.80. The van der Waals surface area contributed by atoms with E-state index in [1.54, 1.807) is 60.5 Å². The molecule has 0 heterocycles. The van der Waals surface area contributed by atoms with Crippen molar-refractivity contribution in [2.24, 2.45) is 0 Å². The van der Waals surface area contributed by atoms with Crippen LogP contribution in [0, 0.1) is 0 Å². The second kappa shape index (κ2) is 10.2. The molecule has 0 fully saturated rings. The predicted molar refractivity (Wildman–Crippen MR) is 109 cm³/mol. The van der Waals surface area contributed by atoms with Crippen molar-refractivity contribution < 1.29 is 19.1 Å². The molecule has 0 atom stereocenters. The standard InChI is InChI=1S/C21H25N3O4/c1-4-24(13-20(26)22-17-8-10-19(28-3)11-9-17)14-21(27)23-18-7-5-6-16(12-18)15(2)25/h5-12H,4,13-14H2,1-3H3,(H,22,26)(H,23,27). The average molecular weight is 383 g/mol. The molecule has 0 aromatic heterocycles. The second-order valence-electron chi connectivity index (χ2n) is 6.27. The first kappa shape index (κ1) is 21.1. The summed E-state index contributed by atoms with van der Waals surface area (Å²) in [6.45, 7) is 4.04. The number of amides is 2. The van der Waals surface area contributed by atoms with Crippen LogP contribution in [0.4, 0.5) is 11.4 Å². The first-order valence-corrected chi connectivity index (χ1v) is 8.98. The third-order valence-electron chi connectivity index (χ3n) is 4.11. The summed E-state index contributed by atoms with van der Waals surface area (Å²) >= 11 is 0. The molecule has 0 aliphatic heterocycles. The van der Waals surface area contributed by atoms with Crippen LogP contribution in [0.25, 0.3) is 0 Å². The van der Waals surface area contributed by atoms with Gasteiger partial charge in [0.1, 0.15) is 5.75 Å². The maximum absolute atomic E-state index is 12.3. The molecule has 2 aromatic rings. The van der Waals surface area contributed by atoms with Crippen molar-refractivity contribution in [3.63, 3.8) is 0 Å². The lowest BCUT2D eigenvalue weighted by Crippen LogP contribution is -2.38. The molecule has 2 rings (SSSR count). The minimum atomic E-state index is -0.250. The Bertz CT molecular complexity index is 834. The van der Waals surface area contributed by atoms with Crippen LogP contribution in [0.5, 0.6) is 5.75 Å². The zero-order valence-corrected chi connectivity index (χ0v) is 16.3. The van der Waals surface area contributed by atoms with Crippen LogP contribution in [0.15, 0.2) is 48.5 Å². The Kier molecular flexibility index (Phi) is 7.71. The van der Waals surface area contributed by atoms with Crippen LogP contribution in [0.1, 0.15) is 24.2 Å². The number of anilines is 2. The topological polar surface area (TPSA) is 87.7 Å². The SMILES string of the molecule is CCN(CC(=O)Nc1ccc(OC)cc1)CC(=O)Nc1cccc(C(C)=O)c1. The van der Waals surface area contributed by atoms with Gasteiger partial charge in [-0.2, -0.15) is 0 Å². The number of hydrogen-bond donors (Lipinski definition) is 2. The molecule has 0 aliphatic carbocycles. The van der Waals surface area contributed by atoms with Crippen molar-refractivity contribution in [3.8, 4) is 5.75 Å². The summed E-state index contributed by atoms with van der Waals surface area (Å²) in [7, 11) is 1.58. The monoisotopic (exact) mass is 383 g/mol. The Labute approximate surface area is 164 Å². The average Bonchev–Trinajstić information content (AvgIpc) is 2.68. The number of Topliss-reactive ketones (excluding diaryl/α,β-unsaturated/α-hetero) is 1. The van der Waals surface area contributed by atoms with Crippen molar-refractivity contribution in [2.75, 3.05) is 37.4 Å². The first-order valence-electron chi connectivity index (χ1n) is 8.98. The largest absolute Gasteiger partial charge is 0.497 e. The number of nitrogens with one attached hydrogen (secondary N) is 2. The summed E-state index contributed by atoms with van der Waals surface area (Å²) in [5, 5.41) is 5.55. The van der Waals surface area contributed by atoms with E-state index in [0.29, 0.717) is 29.2 Å². The van der Waals surface area contributed by atoms with Gasteiger partial charge in [0.15, 0.2) is 5.78 Å². The maximum atomic E-state index is 12.3. The molecule has 0 saturated heterocycles. The van der Waals surface area contributed by atoms with E-state index >= 15 is 0 Å². The Hall–Kier alpha value is -3.19.